The van der Waals surface area contributed by atoms with Gasteiger partial charge >= 0.3 is 6.09 Å². The molecule has 7 nitrogen and oxygen atoms in total. The summed E-state index contributed by atoms with van der Waals surface area (Å²) in [5.41, 5.74) is -0.530. The predicted molar refractivity (Wildman–Crippen MR) is 86.5 cm³/mol. The Hall–Kier alpha value is -0.860. The Morgan fingerprint density at radius 3 is 2.22 bits per heavy atom. The standard InChI is InChI=1S/C15H27N3O4S/c1-15(2,3)22-14(19)17-4-6-18(7-5-17)23(20,21)10-13-11-8-16-9-12(11)13/h11-13,16H,4-10H2,1-3H3/t11-,12+,13?. The second kappa shape index (κ2) is 5.89. The van der Waals surface area contributed by atoms with Crippen LogP contribution in [0.4, 0.5) is 4.79 Å². The van der Waals surface area contributed by atoms with Crippen molar-refractivity contribution >= 4 is 16.1 Å². The minimum Gasteiger partial charge on any atom is -0.444 e. The summed E-state index contributed by atoms with van der Waals surface area (Å²) in [6, 6.07) is 0. The summed E-state index contributed by atoms with van der Waals surface area (Å²) in [7, 11) is -3.22. The normalized spacial score (nSPS) is 31.8. The van der Waals surface area contributed by atoms with E-state index >= 15 is 0 Å². The van der Waals surface area contributed by atoms with E-state index in [0.717, 1.165) is 13.1 Å². The molecule has 0 aromatic carbocycles. The molecule has 1 unspecified atom stereocenters. The third kappa shape index (κ3) is 3.80. The molecule has 2 aliphatic heterocycles. The van der Waals surface area contributed by atoms with E-state index in [2.05, 4.69) is 5.32 Å². The quantitative estimate of drug-likeness (QED) is 0.798. The van der Waals surface area contributed by atoms with Gasteiger partial charge in [0.15, 0.2) is 0 Å². The molecule has 23 heavy (non-hydrogen) atoms. The maximum absolute atomic E-state index is 12.5. The lowest BCUT2D eigenvalue weighted by Gasteiger charge is -2.35. The Bertz CT molecular complexity index is 554. The molecule has 3 fully saturated rings. The van der Waals surface area contributed by atoms with Gasteiger partial charge in [0.05, 0.1) is 5.75 Å². The van der Waals surface area contributed by atoms with Crippen molar-refractivity contribution in [1.82, 2.24) is 14.5 Å². The first-order valence-corrected chi connectivity index (χ1v) is 9.95. The van der Waals surface area contributed by atoms with Gasteiger partial charge in [-0.2, -0.15) is 4.31 Å². The minimum absolute atomic E-state index is 0.260. The van der Waals surface area contributed by atoms with Gasteiger partial charge in [-0.05, 0) is 51.6 Å². The molecule has 3 atom stereocenters. The Morgan fingerprint density at radius 1 is 1.13 bits per heavy atom. The van der Waals surface area contributed by atoms with Crippen molar-refractivity contribution in [1.29, 1.82) is 0 Å². The van der Waals surface area contributed by atoms with E-state index in [0.29, 0.717) is 43.9 Å². The van der Waals surface area contributed by atoms with Crippen LogP contribution < -0.4 is 5.32 Å². The number of ether oxygens (including phenoxy) is 1. The summed E-state index contributed by atoms with van der Waals surface area (Å²) >= 11 is 0. The Kier molecular flexibility index (Phi) is 4.35. The average molecular weight is 345 g/mol. The number of nitrogens with zero attached hydrogens (tertiary/aromatic N) is 2. The van der Waals surface area contributed by atoms with E-state index in [-0.39, 0.29) is 11.8 Å². The molecule has 1 aliphatic carbocycles. The molecule has 0 spiro atoms. The average Bonchev–Trinajstić information content (AvgIpc) is 2.87. The number of piperazine rings is 1. The van der Waals surface area contributed by atoms with Crippen LogP contribution in [0.3, 0.4) is 0 Å². The zero-order valence-corrected chi connectivity index (χ0v) is 14.9. The number of sulfonamides is 1. The van der Waals surface area contributed by atoms with Crippen LogP contribution in [0.5, 0.6) is 0 Å². The lowest BCUT2D eigenvalue weighted by molar-refractivity contribution is 0.0192. The zero-order valence-electron chi connectivity index (χ0n) is 14.1. The number of amides is 1. The summed E-state index contributed by atoms with van der Waals surface area (Å²) < 4.78 is 32.0. The molecule has 8 heteroatoms. The van der Waals surface area contributed by atoms with Gasteiger partial charge in [-0.3, -0.25) is 0 Å². The molecular weight excluding hydrogens is 318 g/mol. The highest BCUT2D eigenvalue weighted by Gasteiger charge is 2.54. The van der Waals surface area contributed by atoms with Crippen molar-refractivity contribution in [2.75, 3.05) is 45.0 Å². The van der Waals surface area contributed by atoms with E-state index < -0.39 is 15.6 Å². The molecule has 0 aromatic heterocycles. The lowest BCUT2D eigenvalue weighted by atomic mass is 10.2. The van der Waals surface area contributed by atoms with Crippen molar-refractivity contribution in [3.8, 4) is 0 Å². The zero-order chi connectivity index (χ0) is 16.8. The van der Waals surface area contributed by atoms with Gasteiger partial charge in [0.25, 0.3) is 0 Å². The molecule has 1 N–H and O–H groups in total. The van der Waals surface area contributed by atoms with Crippen LogP contribution in [-0.2, 0) is 14.8 Å². The van der Waals surface area contributed by atoms with Crippen LogP contribution in [-0.4, -0.2) is 74.3 Å². The Labute approximate surface area is 138 Å². The van der Waals surface area contributed by atoms with Crippen LogP contribution in [0.1, 0.15) is 20.8 Å². The molecule has 3 aliphatic rings. The fourth-order valence-electron chi connectivity index (χ4n) is 3.62. The highest BCUT2D eigenvalue weighted by molar-refractivity contribution is 7.89. The highest BCUT2D eigenvalue weighted by Crippen LogP contribution is 2.49. The fourth-order valence-corrected chi connectivity index (χ4v) is 5.53. The monoisotopic (exact) mass is 345 g/mol. The number of hydrogen-bond donors (Lipinski definition) is 1. The molecule has 1 amide bonds. The van der Waals surface area contributed by atoms with E-state index in [4.69, 9.17) is 4.74 Å². The fraction of sp³-hybridized carbons (Fsp3) is 0.933. The second-order valence-electron chi connectivity index (χ2n) is 7.79. The van der Waals surface area contributed by atoms with Crippen molar-refractivity contribution in [3.63, 3.8) is 0 Å². The van der Waals surface area contributed by atoms with Gasteiger partial charge in [-0.1, -0.05) is 0 Å². The largest absolute Gasteiger partial charge is 0.444 e. The lowest BCUT2D eigenvalue weighted by Crippen LogP contribution is -2.52. The molecule has 2 heterocycles. The van der Waals surface area contributed by atoms with Crippen molar-refractivity contribution in [2.24, 2.45) is 17.8 Å². The van der Waals surface area contributed by atoms with E-state index in [1.54, 1.807) is 4.90 Å². The van der Waals surface area contributed by atoms with E-state index in [1.165, 1.54) is 4.31 Å². The minimum atomic E-state index is -3.22. The number of rotatable bonds is 3. The van der Waals surface area contributed by atoms with Crippen molar-refractivity contribution < 1.29 is 17.9 Å². The van der Waals surface area contributed by atoms with E-state index in [9.17, 15) is 13.2 Å². The third-order valence-corrected chi connectivity index (χ3v) is 6.91. The topological polar surface area (TPSA) is 79.0 Å². The summed E-state index contributed by atoms with van der Waals surface area (Å²) in [6.45, 7) is 8.91. The maximum atomic E-state index is 12.5. The highest BCUT2D eigenvalue weighted by atomic mass is 32.2. The third-order valence-electron chi connectivity index (χ3n) is 4.96. The number of hydrogen-bond acceptors (Lipinski definition) is 5. The van der Waals surface area contributed by atoms with Gasteiger partial charge in [0.1, 0.15) is 5.60 Å². The summed E-state index contributed by atoms with van der Waals surface area (Å²) in [5, 5.41) is 3.29. The van der Waals surface area contributed by atoms with Gasteiger partial charge in [-0.15, -0.1) is 0 Å². The number of carbonyl (C=O) groups is 1. The molecule has 0 bridgehead atoms. The number of nitrogens with one attached hydrogen (secondary N) is 1. The van der Waals surface area contributed by atoms with Crippen LogP contribution in [0.2, 0.25) is 0 Å². The first-order chi connectivity index (χ1) is 10.7. The van der Waals surface area contributed by atoms with Gasteiger partial charge in [-0.25, -0.2) is 13.2 Å². The summed E-state index contributed by atoms with van der Waals surface area (Å²) in [4.78, 5) is 13.6. The number of piperidine rings is 1. The predicted octanol–water partition coefficient (Wildman–Crippen LogP) is 0.334. The number of fused-ring (bicyclic) bond motifs is 1. The maximum Gasteiger partial charge on any atom is 0.410 e. The Balaban J connectivity index is 1.49. The Morgan fingerprint density at radius 2 is 1.70 bits per heavy atom. The van der Waals surface area contributed by atoms with Crippen LogP contribution in [0, 0.1) is 17.8 Å². The first kappa shape index (κ1) is 17.0. The van der Waals surface area contributed by atoms with Gasteiger partial charge in [0.2, 0.25) is 10.0 Å². The van der Waals surface area contributed by atoms with Crippen molar-refractivity contribution in [2.45, 2.75) is 26.4 Å². The first-order valence-electron chi connectivity index (χ1n) is 8.34. The van der Waals surface area contributed by atoms with E-state index in [1.807, 2.05) is 20.8 Å². The molecule has 3 rings (SSSR count). The van der Waals surface area contributed by atoms with Crippen LogP contribution >= 0.6 is 0 Å². The van der Waals surface area contributed by atoms with Crippen LogP contribution in [0.15, 0.2) is 0 Å². The summed E-state index contributed by atoms with van der Waals surface area (Å²) in [6.07, 6.45) is -0.364. The van der Waals surface area contributed by atoms with Crippen LogP contribution in [0.25, 0.3) is 0 Å². The molecule has 1 saturated carbocycles. The molecule has 0 aromatic rings. The summed E-state index contributed by atoms with van der Waals surface area (Å²) in [5.74, 6) is 1.68. The molecule has 132 valence electrons. The smallest absolute Gasteiger partial charge is 0.410 e. The number of carbonyl (C=O) groups excluding carboxylic acids is 1. The van der Waals surface area contributed by atoms with Crippen molar-refractivity contribution in [3.05, 3.63) is 0 Å². The molecule has 2 saturated heterocycles. The van der Waals surface area contributed by atoms with Gasteiger partial charge in [0, 0.05) is 26.2 Å². The SMILES string of the molecule is CC(C)(C)OC(=O)N1CCN(S(=O)(=O)CC2[C@H]3CNC[C@@H]23)CC1. The molecular formula is C15H27N3O4S. The second-order valence-corrected chi connectivity index (χ2v) is 9.81. The van der Waals surface area contributed by atoms with Gasteiger partial charge < -0.3 is 15.0 Å². The molecule has 0 radical (unpaired) electrons.